The van der Waals surface area contributed by atoms with Crippen molar-refractivity contribution in [3.05, 3.63) is 0 Å². The van der Waals surface area contributed by atoms with Crippen LogP contribution in [0.25, 0.3) is 0 Å². The number of nitrogens with zero attached hydrogens (tertiary/aromatic N) is 1. The van der Waals surface area contributed by atoms with Gasteiger partial charge in [-0.15, -0.1) is 0 Å². The first-order chi connectivity index (χ1) is 5.77. The van der Waals surface area contributed by atoms with E-state index in [1.807, 2.05) is 0 Å². The average molecular weight is 168 g/mol. The highest BCUT2D eigenvalue weighted by Crippen LogP contribution is 2.24. The van der Waals surface area contributed by atoms with Crippen molar-refractivity contribution in [3.63, 3.8) is 0 Å². The lowest BCUT2D eigenvalue weighted by Crippen LogP contribution is -2.39. The zero-order valence-electron chi connectivity index (χ0n) is 7.45. The van der Waals surface area contributed by atoms with Crippen molar-refractivity contribution < 1.29 is 5.11 Å². The molecule has 12 heavy (non-hydrogen) atoms. The maximum atomic E-state index is 9.31. The van der Waals surface area contributed by atoms with Gasteiger partial charge in [0.25, 0.3) is 0 Å². The molecule has 1 saturated carbocycles. The largest absolute Gasteiger partial charge is 0.386 e. The Bertz CT molecular complexity index is 201. The highest BCUT2D eigenvalue weighted by molar-refractivity contribution is 5.88. The van der Waals surface area contributed by atoms with Crippen molar-refractivity contribution in [1.82, 2.24) is 5.32 Å². The number of amidine groups is 1. The molecule has 0 aromatic carbocycles. The van der Waals surface area contributed by atoms with Gasteiger partial charge in [0.05, 0.1) is 6.04 Å². The van der Waals surface area contributed by atoms with Crippen LogP contribution in [0.1, 0.15) is 32.6 Å². The third kappa shape index (κ3) is 1.33. The van der Waals surface area contributed by atoms with E-state index < -0.39 is 6.10 Å². The summed E-state index contributed by atoms with van der Waals surface area (Å²) in [7, 11) is 0. The van der Waals surface area contributed by atoms with Crippen LogP contribution in [-0.2, 0) is 0 Å². The molecule has 2 rings (SSSR count). The van der Waals surface area contributed by atoms with Gasteiger partial charge < -0.3 is 10.4 Å². The summed E-state index contributed by atoms with van der Waals surface area (Å²) < 4.78 is 0. The van der Waals surface area contributed by atoms with Gasteiger partial charge in [0, 0.05) is 6.04 Å². The molecular formula is C9H16N2O. The molecule has 68 valence electrons. The molecule has 2 N–H and O–H groups in total. The Labute approximate surface area is 72.9 Å². The third-order valence-electron chi connectivity index (χ3n) is 2.76. The Morgan fingerprint density at radius 3 is 2.92 bits per heavy atom. The van der Waals surface area contributed by atoms with Crippen molar-refractivity contribution in [2.24, 2.45) is 4.99 Å². The van der Waals surface area contributed by atoms with Gasteiger partial charge >= 0.3 is 0 Å². The fourth-order valence-corrected chi connectivity index (χ4v) is 2.07. The van der Waals surface area contributed by atoms with E-state index in [0.717, 1.165) is 5.84 Å². The van der Waals surface area contributed by atoms with Crippen LogP contribution in [0, 0.1) is 0 Å². The maximum absolute atomic E-state index is 9.31. The van der Waals surface area contributed by atoms with Crippen LogP contribution >= 0.6 is 0 Å². The first-order valence-corrected chi connectivity index (χ1v) is 4.79. The molecule has 3 atom stereocenters. The van der Waals surface area contributed by atoms with Crippen LogP contribution in [0.15, 0.2) is 4.99 Å². The number of fused-ring (bicyclic) bond motifs is 1. The fraction of sp³-hybridized carbons (Fsp3) is 0.889. The van der Waals surface area contributed by atoms with E-state index in [9.17, 15) is 5.11 Å². The molecule has 0 radical (unpaired) electrons. The van der Waals surface area contributed by atoms with E-state index in [4.69, 9.17) is 0 Å². The predicted octanol–water partition coefficient (Wildman–Crippen LogP) is 0.680. The standard InChI is InChI=1S/C9H16N2O/c1-6(12)9-10-7-4-2-3-5-8(7)11-9/h6-8,12H,2-5H2,1H3,(H,10,11)/t6-,7+,8+/m1/s1. The molecule has 0 spiro atoms. The van der Waals surface area contributed by atoms with Gasteiger partial charge in [0.1, 0.15) is 11.9 Å². The normalized spacial score (nSPS) is 36.7. The van der Waals surface area contributed by atoms with Crippen molar-refractivity contribution in [2.75, 3.05) is 0 Å². The maximum Gasteiger partial charge on any atom is 0.126 e. The van der Waals surface area contributed by atoms with Crippen LogP contribution < -0.4 is 5.32 Å². The molecule has 1 heterocycles. The van der Waals surface area contributed by atoms with Crippen molar-refractivity contribution >= 4 is 5.84 Å². The van der Waals surface area contributed by atoms with Gasteiger partial charge in [-0.1, -0.05) is 12.8 Å². The van der Waals surface area contributed by atoms with Gasteiger partial charge in [0.2, 0.25) is 0 Å². The van der Waals surface area contributed by atoms with Crippen LogP contribution in [-0.4, -0.2) is 29.1 Å². The summed E-state index contributed by atoms with van der Waals surface area (Å²) in [6, 6.07) is 0.965. The summed E-state index contributed by atoms with van der Waals surface area (Å²) in [5.41, 5.74) is 0. The zero-order valence-corrected chi connectivity index (χ0v) is 7.45. The lowest BCUT2D eigenvalue weighted by atomic mass is 9.92. The van der Waals surface area contributed by atoms with Gasteiger partial charge in [0.15, 0.2) is 0 Å². The molecule has 0 bridgehead atoms. The van der Waals surface area contributed by atoms with E-state index in [0.29, 0.717) is 12.1 Å². The Morgan fingerprint density at radius 2 is 2.25 bits per heavy atom. The van der Waals surface area contributed by atoms with Crippen molar-refractivity contribution in [3.8, 4) is 0 Å². The summed E-state index contributed by atoms with van der Waals surface area (Å²) >= 11 is 0. The highest BCUT2D eigenvalue weighted by atomic mass is 16.3. The summed E-state index contributed by atoms with van der Waals surface area (Å²) in [6.07, 6.45) is 4.57. The zero-order chi connectivity index (χ0) is 8.55. The second-order valence-corrected chi connectivity index (χ2v) is 3.79. The number of hydrogen-bond acceptors (Lipinski definition) is 3. The van der Waals surface area contributed by atoms with E-state index in [-0.39, 0.29) is 0 Å². The molecule has 0 unspecified atom stereocenters. The molecule has 1 fully saturated rings. The number of aliphatic hydroxyl groups excluding tert-OH is 1. The molecule has 2 aliphatic rings. The van der Waals surface area contributed by atoms with E-state index in [1.165, 1.54) is 25.7 Å². The molecule has 0 aromatic heterocycles. The molecule has 3 heteroatoms. The lowest BCUT2D eigenvalue weighted by Gasteiger charge is -2.23. The Hall–Kier alpha value is -0.570. The van der Waals surface area contributed by atoms with E-state index in [2.05, 4.69) is 10.3 Å². The number of rotatable bonds is 1. The third-order valence-corrected chi connectivity index (χ3v) is 2.76. The van der Waals surface area contributed by atoms with Gasteiger partial charge in [-0.3, -0.25) is 4.99 Å². The number of aliphatic imine (C=N–C) groups is 1. The average Bonchev–Trinajstić information content (AvgIpc) is 2.46. The van der Waals surface area contributed by atoms with Gasteiger partial charge in [-0.25, -0.2) is 0 Å². The molecule has 0 aromatic rings. The summed E-state index contributed by atoms with van der Waals surface area (Å²) in [5.74, 6) is 0.798. The molecule has 1 aliphatic heterocycles. The number of hydrogen-bond donors (Lipinski definition) is 2. The highest BCUT2D eigenvalue weighted by Gasteiger charge is 2.31. The number of nitrogens with one attached hydrogen (secondary N) is 1. The molecule has 1 aliphatic carbocycles. The Morgan fingerprint density at radius 1 is 1.50 bits per heavy atom. The summed E-state index contributed by atoms with van der Waals surface area (Å²) in [6.45, 7) is 1.77. The molecule has 0 amide bonds. The second kappa shape index (κ2) is 3.05. The first kappa shape index (κ1) is 8.05. The SMILES string of the molecule is C[C@@H](O)C1=N[C@H]2CCCC[C@@H]2N1. The van der Waals surface area contributed by atoms with Gasteiger partial charge in [-0.2, -0.15) is 0 Å². The summed E-state index contributed by atoms with van der Waals surface area (Å²) in [4.78, 5) is 4.47. The fourth-order valence-electron chi connectivity index (χ4n) is 2.07. The smallest absolute Gasteiger partial charge is 0.126 e. The Balaban J connectivity index is 2.04. The van der Waals surface area contributed by atoms with E-state index in [1.54, 1.807) is 6.92 Å². The van der Waals surface area contributed by atoms with Crippen LogP contribution in [0.4, 0.5) is 0 Å². The molecule has 0 saturated heterocycles. The Kier molecular flexibility index (Phi) is 2.05. The van der Waals surface area contributed by atoms with Crippen LogP contribution in [0.2, 0.25) is 0 Å². The quantitative estimate of drug-likeness (QED) is 0.604. The van der Waals surface area contributed by atoms with Crippen LogP contribution in [0.3, 0.4) is 0 Å². The minimum atomic E-state index is -0.421. The van der Waals surface area contributed by atoms with E-state index >= 15 is 0 Å². The first-order valence-electron chi connectivity index (χ1n) is 4.79. The predicted molar refractivity (Wildman–Crippen MR) is 48.3 cm³/mol. The monoisotopic (exact) mass is 168 g/mol. The summed E-state index contributed by atoms with van der Waals surface area (Å²) in [5, 5.41) is 12.6. The minimum absolute atomic E-state index is 0.421. The molecule has 3 nitrogen and oxygen atoms in total. The topological polar surface area (TPSA) is 44.6 Å². The van der Waals surface area contributed by atoms with Crippen molar-refractivity contribution in [1.29, 1.82) is 0 Å². The lowest BCUT2D eigenvalue weighted by molar-refractivity contribution is 0.257. The number of aliphatic hydroxyl groups is 1. The molecular weight excluding hydrogens is 152 g/mol. The van der Waals surface area contributed by atoms with Crippen molar-refractivity contribution in [2.45, 2.75) is 50.8 Å². The van der Waals surface area contributed by atoms with Gasteiger partial charge in [-0.05, 0) is 19.8 Å². The minimum Gasteiger partial charge on any atom is -0.386 e. The second-order valence-electron chi connectivity index (χ2n) is 3.79. The van der Waals surface area contributed by atoms with Crippen LogP contribution in [0.5, 0.6) is 0 Å².